The third kappa shape index (κ3) is 4.24. The summed E-state index contributed by atoms with van der Waals surface area (Å²) in [5.74, 6) is -0.163. The molecule has 1 saturated heterocycles. The van der Waals surface area contributed by atoms with Crippen LogP contribution in [0.2, 0.25) is 5.02 Å². The Balaban J connectivity index is 1.29. The Labute approximate surface area is 198 Å². The fourth-order valence-electron chi connectivity index (χ4n) is 3.70. The van der Waals surface area contributed by atoms with Crippen LogP contribution in [0.3, 0.4) is 0 Å². The molecule has 10 heteroatoms. The number of halogens is 1. The number of carbonyl (C=O) groups excluding carboxylic acids is 2. The van der Waals surface area contributed by atoms with Crippen molar-refractivity contribution in [2.75, 3.05) is 25.5 Å². The Morgan fingerprint density at radius 2 is 2.00 bits per heavy atom. The normalized spacial score (nSPS) is 13.6. The zero-order valence-electron chi connectivity index (χ0n) is 17.6. The van der Waals surface area contributed by atoms with E-state index >= 15 is 0 Å². The van der Waals surface area contributed by atoms with E-state index in [2.05, 4.69) is 20.5 Å². The minimum absolute atomic E-state index is 0.0725. The molecule has 3 heterocycles. The Bertz CT molecular complexity index is 1340. The number of aromatic nitrogens is 2. The molecule has 0 radical (unpaired) electrons. The van der Waals surface area contributed by atoms with Crippen molar-refractivity contribution in [3.8, 4) is 5.69 Å². The predicted molar refractivity (Wildman–Crippen MR) is 129 cm³/mol. The minimum atomic E-state index is -0.380. The number of methoxy groups -OCH3 is 1. The number of likely N-dealkylation sites (tertiary alicyclic amines) is 1. The summed E-state index contributed by atoms with van der Waals surface area (Å²) in [5, 5.41) is 14.3. The first-order chi connectivity index (χ1) is 16.0. The van der Waals surface area contributed by atoms with Crippen LogP contribution in [-0.2, 0) is 4.74 Å². The molecule has 1 aliphatic rings. The summed E-state index contributed by atoms with van der Waals surface area (Å²) in [7, 11) is 1.34. The Morgan fingerprint density at radius 1 is 1.18 bits per heavy atom. The molecule has 2 amide bonds. The molecular formula is C23H20ClN5O3S. The number of para-hydroxylation sites is 1. The molecule has 33 heavy (non-hydrogen) atoms. The number of nitrogens with zero attached hydrogens (tertiary/aromatic N) is 3. The second-order valence-corrected chi connectivity index (χ2v) is 8.97. The maximum atomic E-state index is 12.6. The van der Waals surface area contributed by atoms with Gasteiger partial charge >= 0.3 is 6.09 Å². The van der Waals surface area contributed by atoms with Crippen LogP contribution < -0.4 is 10.6 Å². The highest BCUT2D eigenvalue weighted by molar-refractivity contribution is 7.12. The summed E-state index contributed by atoms with van der Waals surface area (Å²) >= 11 is 7.60. The lowest BCUT2D eigenvalue weighted by molar-refractivity contribution is 0.0700. The molecule has 0 saturated carbocycles. The van der Waals surface area contributed by atoms with Crippen LogP contribution in [-0.4, -0.2) is 52.9 Å². The number of ether oxygens (including phenoxy) is 1. The summed E-state index contributed by atoms with van der Waals surface area (Å²) in [5.41, 5.74) is 3.48. The molecule has 0 aliphatic carbocycles. The van der Waals surface area contributed by atoms with Gasteiger partial charge in [-0.25, -0.2) is 9.48 Å². The van der Waals surface area contributed by atoms with Crippen LogP contribution in [0.4, 0.5) is 16.2 Å². The lowest BCUT2D eigenvalue weighted by Gasteiger charge is -2.38. The number of anilines is 2. The van der Waals surface area contributed by atoms with Gasteiger partial charge in [-0.15, -0.1) is 11.3 Å². The van der Waals surface area contributed by atoms with Gasteiger partial charge in [-0.3, -0.25) is 4.79 Å². The smallest absolute Gasteiger partial charge is 0.409 e. The number of hydrogen-bond acceptors (Lipinski definition) is 6. The quantitative estimate of drug-likeness (QED) is 0.432. The number of fused-ring (bicyclic) bond motifs is 1. The van der Waals surface area contributed by atoms with Gasteiger partial charge in [-0.1, -0.05) is 23.7 Å². The zero-order chi connectivity index (χ0) is 22.9. The Hall–Kier alpha value is -3.56. The van der Waals surface area contributed by atoms with Crippen LogP contribution in [0.1, 0.15) is 9.67 Å². The van der Waals surface area contributed by atoms with E-state index in [1.807, 2.05) is 58.6 Å². The van der Waals surface area contributed by atoms with E-state index in [4.69, 9.17) is 11.6 Å². The molecule has 2 aromatic heterocycles. The molecule has 168 valence electrons. The van der Waals surface area contributed by atoms with Crippen molar-refractivity contribution >= 4 is 57.2 Å². The van der Waals surface area contributed by atoms with Gasteiger partial charge in [0.05, 0.1) is 46.1 Å². The summed E-state index contributed by atoms with van der Waals surface area (Å²) in [6.07, 6.45) is 1.41. The lowest BCUT2D eigenvalue weighted by atomic mass is 10.1. The summed E-state index contributed by atoms with van der Waals surface area (Å²) < 4.78 is 6.48. The number of thiophene rings is 1. The highest BCUT2D eigenvalue weighted by Crippen LogP contribution is 2.29. The van der Waals surface area contributed by atoms with E-state index < -0.39 is 0 Å². The molecule has 8 nitrogen and oxygen atoms in total. The highest BCUT2D eigenvalue weighted by Gasteiger charge is 2.32. The van der Waals surface area contributed by atoms with Crippen LogP contribution >= 0.6 is 22.9 Å². The topological polar surface area (TPSA) is 88.5 Å². The molecule has 1 fully saturated rings. The predicted octanol–water partition coefficient (Wildman–Crippen LogP) is 4.66. The lowest BCUT2D eigenvalue weighted by Crippen LogP contribution is -2.60. The van der Waals surface area contributed by atoms with E-state index in [9.17, 15) is 9.59 Å². The number of nitrogens with one attached hydrogen (secondary N) is 2. The van der Waals surface area contributed by atoms with Gasteiger partial charge in [-0.2, -0.15) is 5.10 Å². The van der Waals surface area contributed by atoms with Gasteiger partial charge in [0, 0.05) is 29.5 Å². The monoisotopic (exact) mass is 481 g/mol. The van der Waals surface area contributed by atoms with E-state index in [0.29, 0.717) is 23.0 Å². The molecule has 0 unspecified atom stereocenters. The van der Waals surface area contributed by atoms with Crippen molar-refractivity contribution in [1.29, 1.82) is 0 Å². The third-order valence-electron chi connectivity index (χ3n) is 5.42. The van der Waals surface area contributed by atoms with Crippen molar-refractivity contribution in [1.82, 2.24) is 20.0 Å². The number of amides is 2. The van der Waals surface area contributed by atoms with Gasteiger partial charge in [0.15, 0.2) is 0 Å². The van der Waals surface area contributed by atoms with Crippen molar-refractivity contribution < 1.29 is 14.3 Å². The SMILES string of the molecule is COC(=O)N1CC(NC(=O)c2cc(-n3ncc4cc(Nc5ccccc5Cl)ccc43)cs2)C1. The Morgan fingerprint density at radius 3 is 2.79 bits per heavy atom. The molecule has 4 aromatic rings. The van der Waals surface area contributed by atoms with Crippen LogP contribution in [0.15, 0.2) is 60.1 Å². The summed E-state index contributed by atoms with van der Waals surface area (Å²) in [6.45, 7) is 0.899. The van der Waals surface area contributed by atoms with Crippen molar-refractivity contribution in [2.24, 2.45) is 0 Å². The Kier molecular flexibility index (Phi) is 5.65. The third-order valence-corrected chi connectivity index (χ3v) is 6.67. The first-order valence-electron chi connectivity index (χ1n) is 10.2. The number of hydrogen-bond donors (Lipinski definition) is 2. The van der Waals surface area contributed by atoms with Crippen LogP contribution in [0.25, 0.3) is 16.6 Å². The number of rotatable bonds is 5. The first-order valence-corrected chi connectivity index (χ1v) is 11.5. The molecule has 1 aliphatic heterocycles. The standard InChI is InChI=1S/C23H20ClN5O3S/c1-32-23(31)28-11-16(12-28)27-22(30)21-9-17(13-33-21)29-20-7-6-15(8-14(20)10-25-29)26-19-5-3-2-4-18(19)24/h2-10,13,16,26H,11-12H2,1H3,(H,27,30). The van der Waals surface area contributed by atoms with Crippen molar-refractivity contribution in [3.05, 3.63) is 70.0 Å². The van der Waals surface area contributed by atoms with E-state index in [0.717, 1.165) is 28.0 Å². The first kappa shape index (κ1) is 21.3. The average Bonchev–Trinajstić information content (AvgIpc) is 3.44. The summed E-state index contributed by atoms with van der Waals surface area (Å²) in [6, 6.07) is 15.3. The van der Waals surface area contributed by atoms with Gasteiger partial charge in [0.1, 0.15) is 0 Å². The second-order valence-electron chi connectivity index (χ2n) is 7.65. The molecule has 0 atom stereocenters. The van der Waals surface area contributed by atoms with E-state index in [1.54, 1.807) is 6.20 Å². The molecular weight excluding hydrogens is 462 g/mol. The fraction of sp³-hybridized carbons (Fsp3) is 0.174. The van der Waals surface area contributed by atoms with Crippen LogP contribution in [0.5, 0.6) is 0 Å². The molecule has 2 aromatic carbocycles. The second kappa shape index (κ2) is 8.76. The van der Waals surface area contributed by atoms with Crippen LogP contribution in [0, 0.1) is 0 Å². The molecule has 5 rings (SSSR count). The highest BCUT2D eigenvalue weighted by atomic mass is 35.5. The van der Waals surface area contributed by atoms with E-state index in [1.165, 1.54) is 23.3 Å². The van der Waals surface area contributed by atoms with Gasteiger partial charge < -0.3 is 20.3 Å². The van der Waals surface area contributed by atoms with Crippen molar-refractivity contribution in [2.45, 2.75) is 6.04 Å². The molecule has 0 spiro atoms. The van der Waals surface area contributed by atoms with Gasteiger partial charge in [0.2, 0.25) is 0 Å². The van der Waals surface area contributed by atoms with Gasteiger partial charge in [0.25, 0.3) is 5.91 Å². The number of carbonyl (C=O) groups is 2. The van der Waals surface area contributed by atoms with Crippen molar-refractivity contribution in [3.63, 3.8) is 0 Å². The largest absolute Gasteiger partial charge is 0.453 e. The molecule has 0 bridgehead atoms. The molecule has 2 N–H and O–H groups in total. The average molecular weight is 482 g/mol. The van der Waals surface area contributed by atoms with Gasteiger partial charge in [-0.05, 0) is 36.4 Å². The zero-order valence-corrected chi connectivity index (χ0v) is 19.2. The maximum Gasteiger partial charge on any atom is 0.409 e. The summed E-state index contributed by atoms with van der Waals surface area (Å²) in [4.78, 5) is 26.2. The minimum Gasteiger partial charge on any atom is -0.453 e. The maximum absolute atomic E-state index is 12.6. The fourth-order valence-corrected chi connectivity index (χ4v) is 4.65. The van der Waals surface area contributed by atoms with E-state index in [-0.39, 0.29) is 18.0 Å². The number of benzene rings is 2.